The molecule has 1 N–H and O–H groups in total. The molecule has 1 saturated heterocycles. The Morgan fingerprint density at radius 1 is 1.47 bits per heavy atom. The summed E-state index contributed by atoms with van der Waals surface area (Å²) in [6, 6.07) is 3.64. The van der Waals surface area contributed by atoms with Crippen LogP contribution >= 0.6 is 23.7 Å². The number of halogens is 1. The first-order valence-corrected chi connectivity index (χ1v) is 7.64. The Kier molecular flexibility index (Phi) is 4.97. The zero-order valence-electron chi connectivity index (χ0n) is 9.79. The van der Waals surface area contributed by atoms with Gasteiger partial charge in [-0.2, -0.15) is 4.31 Å². The fraction of sp³-hybridized carbons (Fsp3) is 0.600. The number of hydrogen-bond acceptors (Lipinski definition) is 4. The van der Waals surface area contributed by atoms with E-state index >= 15 is 0 Å². The van der Waals surface area contributed by atoms with Crippen LogP contribution in [-0.2, 0) is 10.0 Å². The van der Waals surface area contributed by atoms with E-state index in [0.29, 0.717) is 10.8 Å². The van der Waals surface area contributed by atoms with Crippen molar-refractivity contribution >= 4 is 33.8 Å². The SMILES string of the molecule is CC1NCCN(S(=O)(=O)c2cccs2)C1C.Cl. The number of hydrogen-bond donors (Lipinski definition) is 1. The summed E-state index contributed by atoms with van der Waals surface area (Å²) in [6.45, 7) is 5.23. The monoisotopic (exact) mass is 296 g/mol. The Hall–Kier alpha value is -0.140. The summed E-state index contributed by atoms with van der Waals surface area (Å²) in [7, 11) is -3.29. The van der Waals surface area contributed by atoms with Gasteiger partial charge in [0.15, 0.2) is 0 Å². The second-order valence-corrected chi connectivity index (χ2v) is 7.10. The van der Waals surface area contributed by atoms with E-state index in [2.05, 4.69) is 5.32 Å². The van der Waals surface area contributed by atoms with Crippen molar-refractivity contribution in [1.29, 1.82) is 0 Å². The molecule has 2 atom stereocenters. The number of piperazine rings is 1. The molecule has 1 aliphatic rings. The van der Waals surface area contributed by atoms with Crippen LogP contribution in [0.3, 0.4) is 0 Å². The molecule has 0 aromatic carbocycles. The Bertz CT molecular complexity index is 447. The molecule has 1 aromatic rings. The van der Waals surface area contributed by atoms with Crippen molar-refractivity contribution in [2.45, 2.75) is 30.1 Å². The molecule has 7 heteroatoms. The smallest absolute Gasteiger partial charge is 0.252 e. The highest BCUT2D eigenvalue weighted by atomic mass is 35.5. The first-order chi connectivity index (χ1) is 7.53. The molecule has 98 valence electrons. The minimum atomic E-state index is -3.29. The second-order valence-electron chi connectivity index (χ2n) is 4.03. The Balaban J connectivity index is 0.00000144. The van der Waals surface area contributed by atoms with E-state index in [9.17, 15) is 8.42 Å². The molecule has 0 saturated carbocycles. The third-order valence-electron chi connectivity index (χ3n) is 3.03. The van der Waals surface area contributed by atoms with Crippen LogP contribution in [0.1, 0.15) is 13.8 Å². The van der Waals surface area contributed by atoms with Gasteiger partial charge in [-0.1, -0.05) is 6.07 Å². The van der Waals surface area contributed by atoms with E-state index in [1.807, 2.05) is 13.8 Å². The average molecular weight is 297 g/mol. The topological polar surface area (TPSA) is 49.4 Å². The molecule has 1 fully saturated rings. The molecule has 17 heavy (non-hydrogen) atoms. The fourth-order valence-electron chi connectivity index (χ4n) is 1.89. The second kappa shape index (κ2) is 5.67. The quantitative estimate of drug-likeness (QED) is 0.901. The van der Waals surface area contributed by atoms with Crippen LogP contribution < -0.4 is 5.32 Å². The summed E-state index contributed by atoms with van der Waals surface area (Å²) in [4.78, 5) is 0. The highest BCUT2D eigenvalue weighted by Crippen LogP contribution is 2.24. The highest BCUT2D eigenvalue weighted by molar-refractivity contribution is 7.91. The minimum Gasteiger partial charge on any atom is -0.311 e. The number of rotatable bonds is 2. The van der Waals surface area contributed by atoms with Crippen LogP contribution in [0.4, 0.5) is 0 Å². The van der Waals surface area contributed by atoms with Crippen molar-refractivity contribution in [2.24, 2.45) is 0 Å². The van der Waals surface area contributed by atoms with Gasteiger partial charge in [-0.25, -0.2) is 8.42 Å². The van der Waals surface area contributed by atoms with Gasteiger partial charge in [0, 0.05) is 25.2 Å². The van der Waals surface area contributed by atoms with Crippen molar-refractivity contribution in [1.82, 2.24) is 9.62 Å². The molecule has 2 rings (SSSR count). The summed E-state index contributed by atoms with van der Waals surface area (Å²) < 4.78 is 26.7. The fourth-order valence-corrected chi connectivity index (χ4v) is 4.71. The molecule has 1 aliphatic heterocycles. The summed E-state index contributed by atoms with van der Waals surface area (Å²) in [5, 5.41) is 5.07. The highest BCUT2D eigenvalue weighted by Gasteiger charge is 2.34. The number of nitrogens with one attached hydrogen (secondary N) is 1. The van der Waals surface area contributed by atoms with E-state index in [4.69, 9.17) is 0 Å². The molecular formula is C10H17ClN2O2S2. The zero-order valence-corrected chi connectivity index (χ0v) is 12.2. The van der Waals surface area contributed by atoms with E-state index < -0.39 is 10.0 Å². The van der Waals surface area contributed by atoms with Gasteiger partial charge in [0.05, 0.1) is 0 Å². The van der Waals surface area contributed by atoms with Gasteiger partial charge >= 0.3 is 0 Å². The van der Waals surface area contributed by atoms with Crippen LogP contribution in [0.5, 0.6) is 0 Å². The van der Waals surface area contributed by atoms with E-state index in [-0.39, 0.29) is 24.5 Å². The Morgan fingerprint density at radius 2 is 2.18 bits per heavy atom. The van der Waals surface area contributed by atoms with Crippen LogP contribution in [0.2, 0.25) is 0 Å². The first-order valence-electron chi connectivity index (χ1n) is 5.32. The van der Waals surface area contributed by atoms with Crippen LogP contribution in [-0.4, -0.2) is 37.9 Å². The lowest BCUT2D eigenvalue weighted by Gasteiger charge is -2.37. The van der Waals surface area contributed by atoms with Gasteiger partial charge in [0.1, 0.15) is 4.21 Å². The number of nitrogens with zero attached hydrogens (tertiary/aromatic N) is 1. The van der Waals surface area contributed by atoms with Gasteiger partial charge in [-0.05, 0) is 25.3 Å². The lowest BCUT2D eigenvalue weighted by molar-refractivity contribution is 0.233. The maximum atomic E-state index is 12.3. The predicted octanol–water partition coefficient (Wildman–Crippen LogP) is 1.54. The van der Waals surface area contributed by atoms with Crippen LogP contribution in [0, 0.1) is 0 Å². The predicted molar refractivity (Wildman–Crippen MR) is 72.4 cm³/mol. The molecule has 4 nitrogen and oxygen atoms in total. The Labute approximate surface area is 112 Å². The van der Waals surface area contributed by atoms with Crippen molar-refractivity contribution < 1.29 is 8.42 Å². The lowest BCUT2D eigenvalue weighted by atomic mass is 10.1. The lowest BCUT2D eigenvalue weighted by Crippen LogP contribution is -2.56. The van der Waals surface area contributed by atoms with E-state index in [0.717, 1.165) is 6.54 Å². The van der Waals surface area contributed by atoms with Crippen LogP contribution in [0.15, 0.2) is 21.7 Å². The molecule has 0 amide bonds. The van der Waals surface area contributed by atoms with E-state index in [1.54, 1.807) is 21.8 Å². The number of sulfonamides is 1. The van der Waals surface area contributed by atoms with Gasteiger partial charge in [0.25, 0.3) is 10.0 Å². The zero-order chi connectivity index (χ0) is 11.8. The van der Waals surface area contributed by atoms with Gasteiger partial charge in [-0.15, -0.1) is 23.7 Å². The molecule has 2 unspecified atom stereocenters. The van der Waals surface area contributed by atoms with Gasteiger partial charge in [-0.3, -0.25) is 0 Å². The molecule has 0 aliphatic carbocycles. The standard InChI is InChI=1S/C10H16N2O2S2.ClH/c1-8-9(2)12(6-5-11-8)16(13,14)10-4-3-7-15-10;/h3-4,7-9,11H,5-6H2,1-2H3;1H. The third-order valence-corrected chi connectivity index (χ3v) is 6.39. The molecular weight excluding hydrogens is 280 g/mol. The molecule has 0 radical (unpaired) electrons. The normalized spacial score (nSPS) is 26.5. The van der Waals surface area contributed by atoms with Crippen molar-refractivity contribution in [3.63, 3.8) is 0 Å². The van der Waals surface area contributed by atoms with Crippen molar-refractivity contribution in [2.75, 3.05) is 13.1 Å². The molecule has 2 heterocycles. The maximum Gasteiger partial charge on any atom is 0.252 e. The summed E-state index contributed by atoms with van der Waals surface area (Å²) in [6.07, 6.45) is 0. The van der Waals surface area contributed by atoms with Crippen molar-refractivity contribution in [3.05, 3.63) is 17.5 Å². The summed E-state index contributed by atoms with van der Waals surface area (Å²) >= 11 is 1.28. The van der Waals surface area contributed by atoms with E-state index in [1.165, 1.54) is 11.3 Å². The van der Waals surface area contributed by atoms with Gasteiger partial charge in [0.2, 0.25) is 0 Å². The first kappa shape index (κ1) is 14.9. The largest absolute Gasteiger partial charge is 0.311 e. The number of thiophene rings is 1. The van der Waals surface area contributed by atoms with Crippen molar-refractivity contribution in [3.8, 4) is 0 Å². The molecule has 1 aromatic heterocycles. The Morgan fingerprint density at radius 3 is 2.76 bits per heavy atom. The minimum absolute atomic E-state index is 0. The van der Waals surface area contributed by atoms with Gasteiger partial charge < -0.3 is 5.32 Å². The molecule has 0 spiro atoms. The summed E-state index contributed by atoms with van der Waals surface area (Å²) in [5.41, 5.74) is 0. The molecule has 0 bridgehead atoms. The third kappa shape index (κ3) is 2.82. The van der Waals surface area contributed by atoms with Crippen LogP contribution in [0.25, 0.3) is 0 Å². The average Bonchev–Trinajstić information content (AvgIpc) is 2.75. The summed E-state index contributed by atoms with van der Waals surface area (Å²) in [5.74, 6) is 0. The maximum absolute atomic E-state index is 12.3.